The van der Waals surface area contributed by atoms with Crippen molar-refractivity contribution >= 4 is 75.1 Å². The minimum Gasteiger partial charge on any atom is -2.00 e. The van der Waals surface area contributed by atoms with Gasteiger partial charge in [0, 0.05) is 10.4 Å². The van der Waals surface area contributed by atoms with Gasteiger partial charge in [0.25, 0.3) is 0 Å². The zero-order chi connectivity index (χ0) is 4.50. The van der Waals surface area contributed by atoms with Crippen LogP contribution in [0.5, 0.6) is 0 Å². The van der Waals surface area contributed by atoms with Crippen LogP contribution in [0.1, 0.15) is 0 Å². The van der Waals surface area contributed by atoms with Gasteiger partial charge < -0.3 is 36.1 Å². The summed E-state index contributed by atoms with van der Waals surface area (Å²) in [6.45, 7) is 0. The van der Waals surface area contributed by atoms with E-state index in [1.54, 1.807) is 0 Å². The molecule has 0 radical (unpaired) electrons. The number of hydrogen-bond acceptors (Lipinski definition) is 4. The number of rotatable bonds is 0. The van der Waals surface area contributed by atoms with Crippen LogP contribution in [0.15, 0.2) is 0 Å². The molecule has 0 aromatic carbocycles. The van der Waals surface area contributed by atoms with Gasteiger partial charge >= 0.3 is 76.7 Å². The van der Waals surface area contributed by atoms with Gasteiger partial charge in [-0.05, 0) is 0 Å². The van der Waals surface area contributed by atoms with Gasteiger partial charge in [-0.1, -0.05) is 0 Å². The molecule has 4 nitrogen and oxygen atoms in total. The predicted octanol–water partition coefficient (Wildman–Crippen LogP) is -1.73. The molecular weight excluding hydrogens is 331 g/mol. The number of hydrogen-bond donors (Lipinski definition) is 0. The molecule has 0 saturated carbocycles. The molecule has 0 spiro atoms. The predicted molar refractivity (Wildman–Crippen MR) is 31.0 cm³/mol. The van der Waals surface area contributed by atoms with Crippen LogP contribution in [0.25, 0.3) is 0 Å². The first kappa shape index (κ1) is 38.1. The smallest absolute Gasteiger partial charge is 2.00 e. The maximum absolute atomic E-state index is 8.52. The van der Waals surface area contributed by atoms with E-state index in [9.17, 15) is 0 Å². The summed E-state index contributed by atoms with van der Waals surface area (Å²) in [6, 6.07) is 0. The minimum atomic E-state index is -5.17. The largest absolute Gasteiger partial charge is 2.00 e. The van der Waals surface area contributed by atoms with Crippen LogP contribution in [0.2, 0.25) is 0 Å². The Bertz CT molecular complexity index is 102. The molecule has 0 aliphatic heterocycles. The molecule has 0 amide bonds. The van der Waals surface area contributed by atoms with E-state index >= 15 is 0 Å². The third kappa shape index (κ3) is 119. The third-order valence-electron chi connectivity index (χ3n) is 0. The molecule has 0 aliphatic rings. The first-order valence-corrected chi connectivity index (χ1v) is 2.00. The molecular formula is CaO4S3Zn2. The van der Waals surface area contributed by atoms with Gasteiger partial charge in [0.1, 0.15) is 0 Å². The maximum Gasteiger partial charge on any atom is 2.00 e. The molecule has 0 saturated heterocycles. The van der Waals surface area contributed by atoms with E-state index in [0.29, 0.717) is 0 Å². The van der Waals surface area contributed by atoms with Crippen LogP contribution in [-0.2, 0) is 76.3 Å². The summed E-state index contributed by atoms with van der Waals surface area (Å²) < 4.78 is 34.1. The summed E-state index contributed by atoms with van der Waals surface area (Å²) in [6.07, 6.45) is 0. The van der Waals surface area contributed by atoms with Crippen molar-refractivity contribution in [1.82, 2.24) is 0 Å². The van der Waals surface area contributed by atoms with Crippen molar-refractivity contribution in [2.75, 3.05) is 0 Å². The summed E-state index contributed by atoms with van der Waals surface area (Å²) in [7, 11) is -5.17. The normalized spacial score (nSPS) is 5.80. The third-order valence-corrected chi connectivity index (χ3v) is 0. The SMILES string of the molecule is O=S(=O)([O-])[O-].[Ca+2].[S-2].[S-2].[Zn+2].[Zn+2]. The Hall–Kier alpha value is 3.08. The van der Waals surface area contributed by atoms with Crippen LogP contribution >= 0.6 is 0 Å². The van der Waals surface area contributed by atoms with E-state index in [-0.39, 0.29) is 104 Å². The van der Waals surface area contributed by atoms with Gasteiger partial charge in [-0.15, -0.1) is 0 Å². The Morgan fingerprint density at radius 1 is 0.900 bits per heavy atom. The molecule has 10 heavy (non-hydrogen) atoms. The average molecular weight is 331 g/mol. The average Bonchev–Trinajstić information content (AvgIpc) is 0.722. The Balaban J connectivity index is -0.00000000800. The fourth-order valence-corrected chi connectivity index (χ4v) is 0. The van der Waals surface area contributed by atoms with Crippen molar-refractivity contribution in [3.63, 3.8) is 0 Å². The second kappa shape index (κ2) is 18.0. The Labute approximate surface area is 129 Å². The standard InChI is InChI=1S/Ca.H2O4S.2S.2Zn/c;1-5(2,3)4;;;;/h;(H2,1,2,3,4);;;;/q+2;;2*-2;2*+2/p-2. The van der Waals surface area contributed by atoms with Crippen molar-refractivity contribution in [1.29, 1.82) is 0 Å². The van der Waals surface area contributed by atoms with Gasteiger partial charge in [0.15, 0.2) is 0 Å². The van der Waals surface area contributed by atoms with Gasteiger partial charge in [-0.3, -0.25) is 8.42 Å². The molecule has 0 aromatic rings. The van der Waals surface area contributed by atoms with E-state index < -0.39 is 10.4 Å². The fraction of sp³-hybridized carbons (Fsp3) is 0. The maximum atomic E-state index is 8.52. The van der Waals surface area contributed by atoms with Crippen LogP contribution in [0.3, 0.4) is 0 Å². The first-order valence-electron chi connectivity index (χ1n) is 0.667. The van der Waals surface area contributed by atoms with Gasteiger partial charge in [0.05, 0.1) is 0 Å². The van der Waals surface area contributed by atoms with Crippen molar-refractivity contribution in [2.45, 2.75) is 0 Å². The van der Waals surface area contributed by atoms with Crippen LogP contribution in [-0.4, -0.2) is 55.3 Å². The molecule has 0 N–H and O–H groups in total. The molecule has 0 bridgehead atoms. The second-order valence-corrected chi connectivity index (χ2v) is 1.22. The van der Waals surface area contributed by atoms with E-state index in [0.717, 1.165) is 0 Å². The van der Waals surface area contributed by atoms with Gasteiger partial charge in [0.2, 0.25) is 0 Å². The zero-order valence-corrected chi connectivity index (χ0v) is 15.6. The summed E-state index contributed by atoms with van der Waals surface area (Å²) in [5.74, 6) is 0. The van der Waals surface area contributed by atoms with Crippen molar-refractivity contribution in [3.05, 3.63) is 0 Å². The first-order chi connectivity index (χ1) is 2.00. The Morgan fingerprint density at radius 3 is 0.900 bits per heavy atom. The van der Waals surface area contributed by atoms with Crippen molar-refractivity contribution < 1.29 is 56.5 Å². The quantitative estimate of drug-likeness (QED) is 0.300. The monoisotopic (exact) mass is 328 g/mol. The van der Waals surface area contributed by atoms with E-state index in [1.165, 1.54) is 0 Å². The summed E-state index contributed by atoms with van der Waals surface area (Å²) in [5, 5.41) is 0. The van der Waals surface area contributed by atoms with E-state index in [4.69, 9.17) is 17.5 Å². The second-order valence-electron chi connectivity index (χ2n) is 0.408. The molecule has 0 atom stereocenters. The molecule has 0 heterocycles. The molecule has 0 unspecified atom stereocenters. The Morgan fingerprint density at radius 2 is 0.900 bits per heavy atom. The van der Waals surface area contributed by atoms with Crippen molar-refractivity contribution in [3.8, 4) is 0 Å². The zero-order valence-electron chi connectivity index (χ0n) is 4.98. The summed E-state index contributed by atoms with van der Waals surface area (Å²) in [4.78, 5) is 0. The van der Waals surface area contributed by atoms with Crippen molar-refractivity contribution in [2.24, 2.45) is 0 Å². The van der Waals surface area contributed by atoms with Crippen LogP contribution < -0.4 is 0 Å². The van der Waals surface area contributed by atoms with Crippen LogP contribution in [0.4, 0.5) is 0 Å². The minimum absolute atomic E-state index is 0. The molecule has 48 valence electrons. The molecule has 10 heteroatoms. The van der Waals surface area contributed by atoms with Gasteiger partial charge in [-0.2, -0.15) is 0 Å². The Kier molecular flexibility index (Phi) is 68.5. The molecule has 0 fully saturated rings. The van der Waals surface area contributed by atoms with Crippen LogP contribution in [0, 0.1) is 0 Å². The fourth-order valence-electron chi connectivity index (χ4n) is 0. The van der Waals surface area contributed by atoms with Gasteiger partial charge in [-0.25, -0.2) is 0 Å². The topological polar surface area (TPSA) is 80.3 Å². The summed E-state index contributed by atoms with van der Waals surface area (Å²) in [5.41, 5.74) is 0. The van der Waals surface area contributed by atoms with E-state index in [2.05, 4.69) is 0 Å². The molecule has 0 aliphatic carbocycles. The molecule has 0 rings (SSSR count). The molecule has 0 aromatic heterocycles. The van der Waals surface area contributed by atoms with E-state index in [1.807, 2.05) is 0 Å². The summed E-state index contributed by atoms with van der Waals surface area (Å²) >= 11 is 0.